The molecule has 1 fully saturated rings. The van der Waals surface area contributed by atoms with Crippen LogP contribution < -0.4 is 5.32 Å². The molecule has 1 saturated heterocycles. The molecule has 1 aromatic rings. The second-order valence-corrected chi connectivity index (χ2v) is 7.99. The van der Waals surface area contributed by atoms with Crippen molar-refractivity contribution in [3.05, 3.63) is 17.0 Å². The van der Waals surface area contributed by atoms with Crippen molar-refractivity contribution in [2.75, 3.05) is 26.7 Å². The van der Waals surface area contributed by atoms with Crippen molar-refractivity contribution >= 4 is 21.4 Å². The average Bonchev–Trinajstić information content (AvgIpc) is 2.94. The molecule has 114 valence electrons. The van der Waals surface area contributed by atoms with E-state index in [0.717, 1.165) is 24.9 Å². The minimum absolute atomic E-state index is 0.0136. The number of hydrogen-bond donors (Lipinski definition) is 1. The highest BCUT2D eigenvalue weighted by Crippen LogP contribution is 2.26. The Balaban J connectivity index is 2.11. The molecule has 5 nitrogen and oxygen atoms in total. The number of piperidine rings is 1. The van der Waals surface area contributed by atoms with Crippen molar-refractivity contribution < 1.29 is 13.2 Å². The Morgan fingerprint density at radius 2 is 2.35 bits per heavy atom. The summed E-state index contributed by atoms with van der Waals surface area (Å²) in [4.78, 5) is 0. The van der Waals surface area contributed by atoms with E-state index in [1.807, 2.05) is 12.3 Å². The van der Waals surface area contributed by atoms with Crippen LogP contribution in [0.4, 0.5) is 0 Å². The van der Waals surface area contributed by atoms with Gasteiger partial charge in [0.05, 0.1) is 6.10 Å². The number of rotatable bonds is 6. The molecule has 1 aliphatic rings. The SMILES string of the molecule is CCNCc1csc(S(=O)(=O)N2CCCC(OC)C2)c1. The van der Waals surface area contributed by atoms with Gasteiger partial charge in [0.1, 0.15) is 4.21 Å². The maximum atomic E-state index is 12.6. The molecule has 0 bridgehead atoms. The minimum Gasteiger partial charge on any atom is -0.380 e. The third kappa shape index (κ3) is 3.59. The smallest absolute Gasteiger partial charge is 0.252 e. The third-order valence-corrected chi connectivity index (χ3v) is 6.81. The largest absolute Gasteiger partial charge is 0.380 e. The summed E-state index contributed by atoms with van der Waals surface area (Å²) in [5.41, 5.74) is 1.02. The zero-order chi connectivity index (χ0) is 14.6. The van der Waals surface area contributed by atoms with Crippen LogP contribution in [0.25, 0.3) is 0 Å². The number of nitrogens with one attached hydrogen (secondary N) is 1. The molecule has 1 N–H and O–H groups in total. The summed E-state index contributed by atoms with van der Waals surface area (Å²) >= 11 is 1.30. The van der Waals surface area contributed by atoms with E-state index < -0.39 is 10.0 Å². The zero-order valence-corrected chi connectivity index (χ0v) is 13.6. The van der Waals surface area contributed by atoms with Gasteiger partial charge in [-0.15, -0.1) is 11.3 Å². The summed E-state index contributed by atoms with van der Waals surface area (Å²) in [7, 11) is -1.73. The van der Waals surface area contributed by atoms with Gasteiger partial charge in [-0.05, 0) is 36.4 Å². The van der Waals surface area contributed by atoms with Crippen molar-refractivity contribution in [1.29, 1.82) is 0 Å². The predicted octanol–water partition coefficient (Wildman–Crippen LogP) is 1.66. The molecule has 0 spiro atoms. The lowest BCUT2D eigenvalue weighted by Crippen LogP contribution is -2.42. The van der Waals surface area contributed by atoms with Crippen molar-refractivity contribution in [3.63, 3.8) is 0 Å². The molecule has 1 atom stereocenters. The normalized spacial score (nSPS) is 21.2. The summed E-state index contributed by atoms with van der Waals surface area (Å²) in [6.07, 6.45) is 1.80. The molecule has 0 aliphatic carbocycles. The van der Waals surface area contributed by atoms with Gasteiger partial charge < -0.3 is 10.1 Å². The molecule has 0 aromatic carbocycles. The van der Waals surface area contributed by atoms with Gasteiger partial charge >= 0.3 is 0 Å². The Morgan fingerprint density at radius 3 is 3.05 bits per heavy atom. The van der Waals surface area contributed by atoms with Crippen molar-refractivity contribution in [3.8, 4) is 0 Å². The average molecular weight is 318 g/mol. The van der Waals surface area contributed by atoms with E-state index in [9.17, 15) is 8.42 Å². The maximum absolute atomic E-state index is 12.6. The molecule has 20 heavy (non-hydrogen) atoms. The number of thiophene rings is 1. The fraction of sp³-hybridized carbons (Fsp3) is 0.692. The van der Waals surface area contributed by atoms with E-state index in [2.05, 4.69) is 5.32 Å². The molecule has 7 heteroatoms. The number of ether oxygens (including phenoxy) is 1. The lowest BCUT2D eigenvalue weighted by molar-refractivity contribution is 0.0572. The van der Waals surface area contributed by atoms with Gasteiger partial charge in [0.25, 0.3) is 10.0 Å². The summed E-state index contributed by atoms with van der Waals surface area (Å²) in [6, 6.07) is 1.78. The van der Waals surface area contributed by atoms with Crippen LogP contribution in [-0.4, -0.2) is 45.6 Å². The highest BCUT2D eigenvalue weighted by Gasteiger charge is 2.31. The van der Waals surface area contributed by atoms with E-state index in [-0.39, 0.29) is 6.10 Å². The lowest BCUT2D eigenvalue weighted by atomic mass is 10.1. The Labute approximate surface area is 125 Å². The van der Waals surface area contributed by atoms with E-state index in [4.69, 9.17) is 4.74 Å². The molecule has 0 radical (unpaired) electrons. The van der Waals surface area contributed by atoms with E-state index in [1.165, 1.54) is 11.3 Å². The number of nitrogens with zero attached hydrogens (tertiary/aromatic N) is 1. The van der Waals surface area contributed by atoms with Gasteiger partial charge in [-0.25, -0.2) is 8.42 Å². The van der Waals surface area contributed by atoms with E-state index in [1.54, 1.807) is 17.5 Å². The van der Waals surface area contributed by atoms with E-state index >= 15 is 0 Å². The third-order valence-electron chi connectivity index (χ3n) is 3.48. The predicted molar refractivity (Wildman–Crippen MR) is 80.5 cm³/mol. The number of hydrogen-bond acceptors (Lipinski definition) is 5. The molecular formula is C13H22N2O3S2. The molecule has 2 rings (SSSR count). The monoisotopic (exact) mass is 318 g/mol. The van der Waals surface area contributed by atoms with Gasteiger partial charge in [-0.1, -0.05) is 6.92 Å². The Bertz CT molecular complexity index is 527. The van der Waals surface area contributed by atoms with Crippen LogP contribution in [0.3, 0.4) is 0 Å². The Kier molecular flexibility index (Phi) is 5.57. The van der Waals surface area contributed by atoms with Gasteiger partial charge in [0.15, 0.2) is 0 Å². The first kappa shape index (κ1) is 15.9. The summed E-state index contributed by atoms with van der Waals surface area (Å²) in [6.45, 7) is 4.66. The van der Waals surface area contributed by atoms with Crippen molar-refractivity contribution in [2.45, 2.75) is 36.6 Å². The van der Waals surface area contributed by atoms with Crippen LogP contribution in [0.1, 0.15) is 25.3 Å². The highest BCUT2D eigenvalue weighted by atomic mass is 32.2. The molecule has 1 unspecified atom stereocenters. The topological polar surface area (TPSA) is 58.6 Å². The van der Waals surface area contributed by atoms with Crippen LogP contribution in [0.2, 0.25) is 0 Å². The van der Waals surface area contributed by atoms with Crippen LogP contribution in [0.15, 0.2) is 15.7 Å². The molecule has 1 aliphatic heterocycles. The van der Waals surface area contributed by atoms with Crippen LogP contribution in [0, 0.1) is 0 Å². The quantitative estimate of drug-likeness (QED) is 0.866. The second kappa shape index (κ2) is 7.00. The summed E-state index contributed by atoms with van der Waals surface area (Å²) in [5.74, 6) is 0. The molecule has 2 heterocycles. The fourth-order valence-electron chi connectivity index (χ4n) is 2.29. The van der Waals surface area contributed by atoms with Gasteiger partial charge in [0.2, 0.25) is 0 Å². The van der Waals surface area contributed by atoms with Gasteiger partial charge in [-0.2, -0.15) is 4.31 Å². The molecule has 1 aromatic heterocycles. The number of sulfonamides is 1. The Hall–Kier alpha value is -0.470. The standard InChI is InChI=1S/C13H22N2O3S2/c1-3-14-8-11-7-13(19-10-11)20(16,17)15-6-4-5-12(9-15)18-2/h7,10,12,14H,3-6,8-9H2,1-2H3. The van der Waals surface area contributed by atoms with Crippen molar-refractivity contribution in [2.24, 2.45) is 0 Å². The first-order valence-electron chi connectivity index (χ1n) is 6.89. The molecule has 0 amide bonds. The van der Waals surface area contributed by atoms with Crippen LogP contribution in [0.5, 0.6) is 0 Å². The van der Waals surface area contributed by atoms with Crippen LogP contribution in [-0.2, 0) is 21.3 Å². The van der Waals surface area contributed by atoms with Crippen molar-refractivity contribution in [1.82, 2.24) is 9.62 Å². The highest BCUT2D eigenvalue weighted by molar-refractivity contribution is 7.91. The van der Waals surface area contributed by atoms with Gasteiger partial charge in [-0.3, -0.25) is 0 Å². The second-order valence-electron chi connectivity index (χ2n) is 4.92. The maximum Gasteiger partial charge on any atom is 0.252 e. The lowest BCUT2D eigenvalue weighted by Gasteiger charge is -2.30. The summed E-state index contributed by atoms with van der Waals surface area (Å²) < 4.78 is 32.5. The minimum atomic E-state index is -3.37. The Morgan fingerprint density at radius 1 is 1.55 bits per heavy atom. The zero-order valence-electron chi connectivity index (χ0n) is 12.0. The van der Waals surface area contributed by atoms with E-state index in [0.29, 0.717) is 23.8 Å². The van der Waals surface area contributed by atoms with Gasteiger partial charge in [0, 0.05) is 26.7 Å². The fourth-order valence-corrected chi connectivity index (χ4v) is 5.17. The molecular weight excluding hydrogens is 296 g/mol. The first-order chi connectivity index (χ1) is 9.57. The summed E-state index contributed by atoms with van der Waals surface area (Å²) in [5, 5.41) is 5.11. The molecule has 0 saturated carbocycles. The number of methoxy groups -OCH3 is 1. The van der Waals surface area contributed by atoms with Crippen LogP contribution >= 0.6 is 11.3 Å². The first-order valence-corrected chi connectivity index (χ1v) is 9.21.